The molecule has 12 heteroatoms. The lowest BCUT2D eigenvalue weighted by molar-refractivity contribution is -0.149. The fraction of sp³-hybridized carbons (Fsp3) is 0.889. The zero-order valence-electron chi connectivity index (χ0n) is 18.3. The minimum absolute atomic E-state index is 0.0462. The van der Waals surface area contributed by atoms with Crippen LogP contribution in [0.1, 0.15) is 34.6 Å². The number of nitrogens with one attached hydrogen (secondary N) is 4. The van der Waals surface area contributed by atoms with E-state index in [2.05, 4.69) is 21.3 Å². The molecule has 4 unspecified atom stereocenters. The first-order valence-electron chi connectivity index (χ1n) is 10.1. The van der Waals surface area contributed by atoms with Crippen molar-refractivity contribution in [2.45, 2.75) is 71.0 Å². The standard InChI is InChI=1S/C18H36N6O6/c1-10(2)11(21-17(27)30-18(3,4)5)15(26)29-7-6-28-9-24-8-20-12-13(24)22-16(19)23-14(12)25/h10-14,16,20,22-23,25H,6-9,19H2,1-5H3,(H,21,27)/t11-,12?,13?,14?,16?/m0/s1. The lowest BCUT2D eigenvalue weighted by Gasteiger charge is -2.38. The minimum atomic E-state index is -0.815. The van der Waals surface area contributed by atoms with Gasteiger partial charge >= 0.3 is 12.1 Å². The van der Waals surface area contributed by atoms with Gasteiger partial charge in [0.1, 0.15) is 37.5 Å². The van der Waals surface area contributed by atoms with E-state index in [1.54, 1.807) is 20.8 Å². The largest absolute Gasteiger partial charge is 0.462 e. The molecule has 0 spiro atoms. The van der Waals surface area contributed by atoms with Crippen molar-refractivity contribution in [1.29, 1.82) is 0 Å². The molecule has 2 saturated heterocycles. The molecule has 1 amide bonds. The number of alkyl carbamates (subject to hydrolysis) is 1. The van der Waals surface area contributed by atoms with Crippen LogP contribution < -0.4 is 27.0 Å². The summed E-state index contributed by atoms with van der Waals surface area (Å²) in [5, 5.41) is 21.7. The Bertz CT molecular complexity index is 586. The van der Waals surface area contributed by atoms with Gasteiger partial charge in [-0.25, -0.2) is 9.59 Å². The van der Waals surface area contributed by atoms with E-state index in [0.29, 0.717) is 6.67 Å². The molecule has 7 N–H and O–H groups in total. The number of aliphatic hydroxyl groups excluding tert-OH is 1. The van der Waals surface area contributed by atoms with Crippen molar-refractivity contribution in [3.05, 3.63) is 0 Å². The lowest BCUT2D eigenvalue weighted by atomic mass is 10.1. The van der Waals surface area contributed by atoms with Gasteiger partial charge < -0.3 is 30.4 Å². The van der Waals surface area contributed by atoms with Crippen LogP contribution in [0.5, 0.6) is 0 Å². The number of aliphatic hydroxyl groups is 1. The molecule has 2 fully saturated rings. The summed E-state index contributed by atoms with van der Waals surface area (Å²) in [6, 6.07) is -1.03. The van der Waals surface area contributed by atoms with Gasteiger partial charge in [-0.05, 0) is 26.7 Å². The van der Waals surface area contributed by atoms with Gasteiger partial charge in [-0.15, -0.1) is 0 Å². The highest BCUT2D eigenvalue weighted by Gasteiger charge is 2.42. The maximum atomic E-state index is 12.3. The van der Waals surface area contributed by atoms with Crippen LogP contribution in [-0.2, 0) is 19.0 Å². The Balaban J connectivity index is 1.70. The minimum Gasteiger partial charge on any atom is -0.462 e. The average Bonchev–Trinajstić information content (AvgIpc) is 3.00. The van der Waals surface area contributed by atoms with Crippen LogP contribution >= 0.6 is 0 Å². The van der Waals surface area contributed by atoms with Gasteiger partial charge in [0, 0.05) is 0 Å². The second-order valence-corrected chi connectivity index (χ2v) is 8.75. The van der Waals surface area contributed by atoms with E-state index >= 15 is 0 Å². The Morgan fingerprint density at radius 2 is 1.97 bits per heavy atom. The van der Waals surface area contributed by atoms with E-state index in [0.717, 1.165) is 0 Å². The molecule has 2 aliphatic rings. The fourth-order valence-electron chi connectivity index (χ4n) is 3.20. The van der Waals surface area contributed by atoms with Crippen LogP contribution in [0.3, 0.4) is 0 Å². The summed E-state index contributed by atoms with van der Waals surface area (Å²) in [7, 11) is 0. The second-order valence-electron chi connectivity index (χ2n) is 8.75. The number of nitrogens with two attached hydrogens (primary N) is 1. The van der Waals surface area contributed by atoms with Gasteiger partial charge in [0.15, 0.2) is 0 Å². The smallest absolute Gasteiger partial charge is 0.408 e. The van der Waals surface area contributed by atoms with Crippen molar-refractivity contribution >= 4 is 12.1 Å². The fourth-order valence-corrected chi connectivity index (χ4v) is 3.20. The molecule has 12 nitrogen and oxygen atoms in total. The third-order valence-electron chi connectivity index (χ3n) is 4.63. The zero-order chi connectivity index (χ0) is 22.5. The summed E-state index contributed by atoms with van der Waals surface area (Å²) in [6.45, 7) is 9.87. The SMILES string of the molecule is CC(C)[C@H](NC(=O)OC(C)(C)C)C(=O)OCCOCN1CNC2C(O)NC(N)NC21. The normalized spacial score (nSPS) is 28.1. The summed E-state index contributed by atoms with van der Waals surface area (Å²) in [5.41, 5.74) is 5.14. The third-order valence-corrected chi connectivity index (χ3v) is 4.63. The number of amides is 1. The molecule has 30 heavy (non-hydrogen) atoms. The molecule has 5 atom stereocenters. The van der Waals surface area contributed by atoms with E-state index in [1.807, 2.05) is 18.7 Å². The number of carbonyl (C=O) groups excluding carboxylic acids is 2. The number of hydrogen-bond donors (Lipinski definition) is 6. The van der Waals surface area contributed by atoms with Crippen molar-refractivity contribution in [1.82, 2.24) is 26.2 Å². The maximum Gasteiger partial charge on any atom is 0.408 e. The molecule has 0 saturated carbocycles. The number of nitrogens with zero attached hydrogens (tertiary/aromatic N) is 1. The summed E-state index contributed by atoms with van der Waals surface area (Å²) in [6.07, 6.45) is -2.12. The van der Waals surface area contributed by atoms with Crippen molar-refractivity contribution in [2.24, 2.45) is 11.7 Å². The van der Waals surface area contributed by atoms with Crippen molar-refractivity contribution in [2.75, 3.05) is 26.6 Å². The molecular formula is C18H36N6O6. The van der Waals surface area contributed by atoms with E-state index in [9.17, 15) is 14.7 Å². The highest BCUT2D eigenvalue weighted by atomic mass is 16.6. The molecule has 0 aromatic carbocycles. The molecule has 174 valence electrons. The molecule has 0 radical (unpaired) electrons. The molecule has 0 aliphatic carbocycles. The molecule has 0 bridgehead atoms. The topological polar surface area (TPSA) is 159 Å². The van der Waals surface area contributed by atoms with E-state index < -0.39 is 36.2 Å². The lowest BCUT2D eigenvalue weighted by Crippen LogP contribution is -2.71. The van der Waals surface area contributed by atoms with Crippen LogP contribution in [0.2, 0.25) is 0 Å². The summed E-state index contributed by atoms with van der Waals surface area (Å²) >= 11 is 0. The molecule has 2 aliphatic heterocycles. The first-order valence-corrected chi connectivity index (χ1v) is 10.1. The third kappa shape index (κ3) is 7.30. The predicted molar refractivity (Wildman–Crippen MR) is 107 cm³/mol. The summed E-state index contributed by atoms with van der Waals surface area (Å²) in [5.74, 6) is -0.711. The highest BCUT2D eigenvalue weighted by Crippen LogP contribution is 2.15. The van der Waals surface area contributed by atoms with Gasteiger partial charge in [0.25, 0.3) is 0 Å². The molecular weight excluding hydrogens is 396 g/mol. The number of hydrogen-bond acceptors (Lipinski definition) is 11. The predicted octanol–water partition coefficient (Wildman–Crippen LogP) is -1.64. The van der Waals surface area contributed by atoms with Crippen LogP contribution in [0.15, 0.2) is 0 Å². The highest BCUT2D eigenvalue weighted by molar-refractivity contribution is 5.81. The molecule has 0 aromatic heterocycles. The number of esters is 1. The Morgan fingerprint density at radius 3 is 2.60 bits per heavy atom. The van der Waals surface area contributed by atoms with E-state index in [1.165, 1.54) is 0 Å². The molecule has 2 rings (SSSR count). The second kappa shape index (κ2) is 10.7. The first-order chi connectivity index (χ1) is 14.0. The van der Waals surface area contributed by atoms with Crippen LogP contribution in [0, 0.1) is 5.92 Å². The van der Waals surface area contributed by atoms with Gasteiger partial charge in [-0.3, -0.25) is 20.9 Å². The Hall–Kier alpha value is -1.54. The van der Waals surface area contributed by atoms with Crippen molar-refractivity contribution < 1.29 is 28.9 Å². The summed E-state index contributed by atoms with van der Waals surface area (Å²) < 4.78 is 16.0. The molecule has 2 heterocycles. The van der Waals surface area contributed by atoms with E-state index in [4.69, 9.17) is 19.9 Å². The summed E-state index contributed by atoms with van der Waals surface area (Å²) in [4.78, 5) is 26.2. The number of ether oxygens (including phenoxy) is 3. The van der Waals surface area contributed by atoms with Crippen LogP contribution in [0.25, 0.3) is 0 Å². The maximum absolute atomic E-state index is 12.3. The Kier molecular flexibility index (Phi) is 8.79. The quantitative estimate of drug-likeness (QED) is 0.193. The number of carbonyl (C=O) groups is 2. The van der Waals surface area contributed by atoms with Gasteiger partial charge in [0.2, 0.25) is 0 Å². The average molecular weight is 433 g/mol. The van der Waals surface area contributed by atoms with Gasteiger partial charge in [-0.1, -0.05) is 13.8 Å². The van der Waals surface area contributed by atoms with Gasteiger partial charge in [-0.2, -0.15) is 0 Å². The van der Waals surface area contributed by atoms with Crippen LogP contribution in [0.4, 0.5) is 4.79 Å². The molecule has 0 aromatic rings. The van der Waals surface area contributed by atoms with E-state index in [-0.39, 0.29) is 38.1 Å². The number of fused-ring (bicyclic) bond motifs is 1. The van der Waals surface area contributed by atoms with Crippen molar-refractivity contribution in [3.8, 4) is 0 Å². The Morgan fingerprint density at radius 1 is 1.27 bits per heavy atom. The zero-order valence-corrected chi connectivity index (χ0v) is 18.3. The monoisotopic (exact) mass is 432 g/mol. The number of rotatable bonds is 8. The van der Waals surface area contributed by atoms with Crippen LogP contribution in [-0.4, -0.2) is 85.1 Å². The Labute approximate surface area is 177 Å². The van der Waals surface area contributed by atoms with Crippen molar-refractivity contribution in [3.63, 3.8) is 0 Å². The first kappa shape index (κ1) is 24.7. The van der Waals surface area contributed by atoms with Gasteiger partial charge in [0.05, 0.1) is 25.5 Å².